The van der Waals surface area contributed by atoms with E-state index >= 15 is 0 Å². The molecule has 5 heteroatoms. The Balaban J connectivity index is 1.27. The molecule has 0 spiro atoms. The van der Waals surface area contributed by atoms with Crippen LogP contribution in [-0.2, 0) is 9.53 Å². The molecule has 5 rings (SSSR count). The van der Waals surface area contributed by atoms with E-state index in [2.05, 4.69) is 41.3 Å². The van der Waals surface area contributed by atoms with Gasteiger partial charge in [-0.05, 0) is 68.3 Å². The number of likely N-dealkylation sites (tertiary alicyclic amines) is 1. The highest BCUT2D eigenvalue weighted by atomic mass is 16.6. The first-order valence-electron chi connectivity index (χ1n) is 12.1. The van der Waals surface area contributed by atoms with Crippen molar-refractivity contribution in [2.45, 2.75) is 51.0 Å². The number of allylic oxidation sites excluding steroid dienone is 2. The van der Waals surface area contributed by atoms with Crippen molar-refractivity contribution in [3.8, 4) is 0 Å². The molecule has 3 aliphatic carbocycles. The quantitative estimate of drug-likeness (QED) is 0.637. The van der Waals surface area contributed by atoms with Crippen molar-refractivity contribution in [3.63, 3.8) is 0 Å². The Morgan fingerprint density at radius 3 is 2.48 bits per heavy atom. The van der Waals surface area contributed by atoms with Gasteiger partial charge in [0.25, 0.3) is 0 Å². The van der Waals surface area contributed by atoms with Gasteiger partial charge in [-0.1, -0.05) is 42.5 Å². The first-order chi connectivity index (χ1) is 15.1. The molecule has 3 fully saturated rings. The molecule has 166 valence electrons. The highest BCUT2D eigenvalue weighted by Gasteiger charge is 2.48. The zero-order valence-electron chi connectivity index (χ0n) is 18.5. The first kappa shape index (κ1) is 20.6. The molecular formula is C26H34N2O3. The number of hydrogen-bond donors (Lipinski definition) is 0. The van der Waals surface area contributed by atoms with E-state index in [0.717, 1.165) is 31.7 Å². The first-order valence-corrected chi connectivity index (χ1v) is 12.1. The molecule has 0 N–H and O–H groups in total. The molecule has 0 radical (unpaired) electrons. The minimum Gasteiger partial charge on any atom is -0.450 e. The van der Waals surface area contributed by atoms with Crippen LogP contribution in [0.3, 0.4) is 0 Å². The van der Waals surface area contributed by atoms with Gasteiger partial charge in [0, 0.05) is 31.6 Å². The van der Waals surface area contributed by atoms with E-state index in [-0.39, 0.29) is 18.1 Å². The van der Waals surface area contributed by atoms with Gasteiger partial charge in [-0.15, -0.1) is 0 Å². The predicted molar refractivity (Wildman–Crippen MR) is 119 cm³/mol. The number of nitrogens with zero attached hydrogens (tertiary/aromatic N) is 2. The molecule has 1 heterocycles. The average molecular weight is 423 g/mol. The minimum absolute atomic E-state index is 0.125. The zero-order valence-corrected chi connectivity index (χ0v) is 18.5. The van der Waals surface area contributed by atoms with Crippen LogP contribution in [-0.4, -0.2) is 54.1 Å². The third-order valence-corrected chi connectivity index (χ3v) is 7.90. The van der Waals surface area contributed by atoms with E-state index < -0.39 is 0 Å². The summed E-state index contributed by atoms with van der Waals surface area (Å²) in [6, 6.07) is 10.7. The van der Waals surface area contributed by atoms with Crippen LogP contribution in [0.4, 0.5) is 4.79 Å². The van der Waals surface area contributed by atoms with E-state index in [4.69, 9.17) is 4.74 Å². The van der Waals surface area contributed by atoms with Gasteiger partial charge in [-0.3, -0.25) is 4.79 Å². The second-order valence-corrected chi connectivity index (χ2v) is 9.81. The fourth-order valence-corrected chi connectivity index (χ4v) is 6.10. The maximum absolute atomic E-state index is 13.7. The topological polar surface area (TPSA) is 49.9 Å². The Morgan fingerprint density at radius 2 is 1.84 bits per heavy atom. The molecule has 0 aromatic heterocycles. The molecule has 1 saturated heterocycles. The number of hydrogen-bond acceptors (Lipinski definition) is 3. The molecule has 1 aromatic carbocycles. The minimum atomic E-state index is -0.219. The number of benzene rings is 1. The Morgan fingerprint density at radius 1 is 1.06 bits per heavy atom. The van der Waals surface area contributed by atoms with Gasteiger partial charge < -0.3 is 14.5 Å². The van der Waals surface area contributed by atoms with Crippen molar-refractivity contribution in [2.24, 2.45) is 23.7 Å². The number of amides is 2. The summed E-state index contributed by atoms with van der Waals surface area (Å²) in [6.45, 7) is 4.48. The molecule has 0 unspecified atom stereocenters. The van der Waals surface area contributed by atoms with Crippen molar-refractivity contribution in [1.29, 1.82) is 0 Å². The van der Waals surface area contributed by atoms with Crippen LogP contribution in [0.25, 0.3) is 0 Å². The summed E-state index contributed by atoms with van der Waals surface area (Å²) in [5.41, 5.74) is 1.29. The standard InChI is InChI=1S/C26H34N2O3/c1-2-31-26(30)27-12-10-22(11-13-27)28(17-21-15-18-8-9-20(21)14-18)25(29)24-16-23(24)19-6-4-3-5-7-19/h3-9,18,20-24H,2,10-17H2,1H3/t18-,20+,21-,23+,24-/m1/s1. The largest absolute Gasteiger partial charge is 0.450 e. The fourth-order valence-electron chi connectivity index (χ4n) is 6.10. The van der Waals surface area contributed by atoms with Crippen molar-refractivity contribution < 1.29 is 14.3 Å². The number of carbonyl (C=O) groups excluding carboxylic acids is 2. The third-order valence-electron chi connectivity index (χ3n) is 7.90. The van der Waals surface area contributed by atoms with Crippen LogP contribution in [0, 0.1) is 23.7 Å². The Bertz CT molecular complexity index is 830. The number of piperidine rings is 1. The Labute approximate surface area is 185 Å². The van der Waals surface area contributed by atoms with Gasteiger partial charge in [0.1, 0.15) is 0 Å². The molecular weight excluding hydrogens is 388 g/mol. The zero-order chi connectivity index (χ0) is 21.4. The van der Waals surface area contributed by atoms with Crippen LogP contribution >= 0.6 is 0 Å². The highest BCUT2D eigenvalue weighted by molar-refractivity contribution is 5.83. The second kappa shape index (κ2) is 8.68. The molecule has 31 heavy (non-hydrogen) atoms. The van der Waals surface area contributed by atoms with Crippen LogP contribution < -0.4 is 0 Å². The molecule has 5 nitrogen and oxygen atoms in total. The van der Waals surface area contributed by atoms with Gasteiger partial charge in [0.15, 0.2) is 0 Å². The molecule has 2 saturated carbocycles. The smallest absolute Gasteiger partial charge is 0.409 e. The van der Waals surface area contributed by atoms with E-state index in [1.807, 2.05) is 13.0 Å². The van der Waals surface area contributed by atoms with E-state index in [1.165, 1.54) is 18.4 Å². The van der Waals surface area contributed by atoms with Crippen molar-refractivity contribution in [2.75, 3.05) is 26.2 Å². The number of ether oxygens (including phenoxy) is 1. The molecule has 2 amide bonds. The molecule has 5 atom stereocenters. The average Bonchev–Trinajstić information content (AvgIpc) is 3.34. The normalized spacial score (nSPS) is 31.6. The summed E-state index contributed by atoms with van der Waals surface area (Å²) in [4.78, 5) is 29.8. The van der Waals surface area contributed by atoms with E-state index in [9.17, 15) is 9.59 Å². The predicted octanol–water partition coefficient (Wildman–Crippen LogP) is 4.45. The Kier molecular flexibility index (Phi) is 5.77. The Hall–Kier alpha value is -2.30. The van der Waals surface area contributed by atoms with Gasteiger partial charge in [0.05, 0.1) is 6.61 Å². The SMILES string of the molecule is CCOC(=O)N1CCC(N(C[C@H]2C[C@@H]3C=C[C@H]2C3)C(=O)[C@@H]2C[C@H]2c2ccccc2)CC1. The van der Waals surface area contributed by atoms with Gasteiger partial charge >= 0.3 is 6.09 Å². The van der Waals surface area contributed by atoms with Gasteiger partial charge in [0.2, 0.25) is 5.91 Å². The van der Waals surface area contributed by atoms with E-state index in [0.29, 0.717) is 43.4 Å². The van der Waals surface area contributed by atoms with E-state index in [1.54, 1.807) is 4.90 Å². The molecule has 2 bridgehead atoms. The molecule has 1 aliphatic heterocycles. The molecule has 1 aromatic rings. The van der Waals surface area contributed by atoms with Crippen molar-refractivity contribution in [1.82, 2.24) is 9.80 Å². The van der Waals surface area contributed by atoms with Gasteiger partial charge in [-0.25, -0.2) is 4.79 Å². The number of rotatable bonds is 6. The number of fused-ring (bicyclic) bond motifs is 2. The van der Waals surface area contributed by atoms with Crippen LogP contribution in [0.2, 0.25) is 0 Å². The summed E-state index contributed by atoms with van der Waals surface area (Å²) in [5, 5.41) is 0. The third kappa shape index (κ3) is 4.24. The summed E-state index contributed by atoms with van der Waals surface area (Å²) in [5.74, 6) is 2.79. The molecule has 4 aliphatic rings. The highest BCUT2D eigenvalue weighted by Crippen LogP contribution is 2.50. The lowest BCUT2D eigenvalue weighted by Gasteiger charge is -2.40. The summed E-state index contributed by atoms with van der Waals surface area (Å²) in [6.07, 6.45) is 9.70. The van der Waals surface area contributed by atoms with Gasteiger partial charge in [-0.2, -0.15) is 0 Å². The summed E-state index contributed by atoms with van der Waals surface area (Å²) >= 11 is 0. The van der Waals surface area contributed by atoms with Crippen LogP contribution in [0.1, 0.15) is 50.5 Å². The van der Waals surface area contributed by atoms with Crippen LogP contribution in [0.5, 0.6) is 0 Å². The van der Waals surface area contributed by atoms with Crippen LogP contribution in [0.15, 0.2) is 42.5 Å². The van der Waals surface area contributed by atoms with Crippen molar-refractivity contribution >= 4 is 12.0 Å². The maximum atomic E-state index is 13.7. The lowest BCUT2D eigenvalue weighted by Crippen LogP contribution is -2.51. The maximum Gasteiger partial charge on any atom is 0.409 e. The summed E-state index contributed by atoms with van der Waals surface area (Å²) < 4.78 is 5.18. The lowest BCUT2D eigenvalue weighted by molar-refractivity contribution is -0.137. The fraction of sp³-hybridized carbons (Fsp3) is 0.615. The second-order valence-electron chi connectivity index (χ2n) is 9.81. The lowest BCUT2D eigenvalue weighted by atomic mass is 9.91. The number of carbonyl (C=O) groups is 2. The summed E-state index contributed by atoms with van der Waals surface area (Å²) in [7, 11) is 0. The van der Waals surface area contributed by atoms with Crippen molar-refractivity contribution in [3.05, 3.63) is 48.0 Å². The monoisotopic (exact) mass is 422 g/mol.